The third kappa shape index (κ3) is 4.29. The topological polar surface area (TPSA) is 150 Å². The van der Waals surface area contributed by atoms with Crippen molar-refractivity contribution in [3.63, 3.8) is 0 Å². The van der Waals surface area contributed by atoms with Gasteiger partial charge in [-0.3, -0.25) is 19.5 Å². The molecule has 2 heterocycles. The quantitative estimate of drug-likeness (QED) is 0.335. The highest BCUT2D eigenvalue weighted by atomic mass is 16.6. The first-order valence-electron chi connectivity index (χ1n) is 9.28. The molecule has 11 heteroatoms. The van der Waals surface area contributed by atoms with Crippen LogP contribution in [0.1, 0.15) is 28.6 Å². The second kappa shape index (κ2) is 9.05. The van der Waals surface area contributed by atoms with Crippen molar-refractivity contribution in [2.45, 2.75) is 20.0 Å². The molecule has 0 radical (unpaired) electrons. The molecule has 32 heavy (non-hydrogen) atoms. The van der Waals surface area contributed by atoms with E-state index in [1.165, 1.54) is 37.7 Å². The summed E-state index contributed by atoms with van der Waals surface area (Å²) >= 11 is 0. The van der Waals surface area contributed by atoms with Crippen molar-refractivity contribution in [3.8, 4) is 17.7 Å². The SMILES string of the molecule is COc1ccc(NC(=O)C(C)OC(=O)c2c(C)oc(-n3cccc3)c2C#N)c([N+](=O)[O-])c1. The molecule has 1 aromatic carbocycles. The van der Waals surface area contributed by atoms with Crippen LogP contribution in [0.3, 0.4) is 0 Å². The molecule has 0 fully saturated rings. The molecule has 1 unspecified atom stereocenters. The highest BCUT2D eigenvalue weighted by Crippen LogP contribution is 2.30. The van der Waals surface area contributed by atoms with E-state index in [0.29, 0.717) is 0 Å². The van der Waals surface area contributed by atoms with E-state index in [-0.39, 0.29) is 39.9 Å². The number of nitrogens with zero attached hydrogens (tertiary/aromatic N) is 3. The number of nitro benzene ring substituents is 1. The zero-order valence-electron chi connectivity index (χ0n) is 17.3. The number of carbonyl (C=O) groups excluding carboxylic acids is 2. The molecule has 0 bridgehead atoms. The highest BCUT2D eigenvalue weighted by Gasteiger charge is 2.29. The number of anilines is 1. The van der Waals surface area contributed by atoms with Crippen LogP contribution < -0.4 is 10.1 Å². The minimum absolute atomic E-state index is 0.0397. The largest absolute Gasteiger partial charge is 0.496 e. The average molecular weight is 438 g/mol. The molecule has 0 saturated heterocycles. The van der Waals surface area contributed by atoms with Gasteiger partial charge in [0.2, 0.25) is 5.88 Å². The molecule has 0 aliphatic heterocycles. The zero-order chi connectivity index (χ0) is 23.4. The first-order chi connectivity index (χ1) is 15.3. The van der Waals surface area contributed by atoms with Crippen LogP contribution in [0.2, 0.25) is 0 Å². The maximum absolute atomic E-state index is 12.7. The summed E-state index contributed by atoms with van der Waals surface area (Å²) in [6, 6.07) is 9.28. The molecule has 2 aromatic heterocycles. The summed E-state index contributed by atoms with van der Waals surface area (Å²) in [5.74, 6) is -1.20. The predicted octanol–water partition coefficient (Wildman–Crippen LogP) is 3.35. The molecule has 164 valence electrons. The molecule has 1 amide bonds. The van der Waals surface area contributed by atoms with Crippen molar-refractivity contribution in [2.24, 2.45) is 0 Å². The fourth-order valence-electron chi connectivity index (χ4n) is 2.93. The number of aryl methyl sites for hydroxylation is 1. The Balaban J connectivity index is 1.79. The van der Waals surface area contributed by atoms with Crippen LogP contribution in [-0.2, 0) is 9.53 Å². The Hall–Kier alpha value is -4.59. The summed E-state index contributed by atoms with van der Waals surface area (Å²) in [6.45, 7) is 2.80. The van der Waals surface area contributed by atoms with Crippen LogP contribution in [0.4, 0.5) is 11.4 Å². The Bertz CT molecular complexity index is 1220. The van der Waals surface area contributed by atoms with Gasteiger partial charge in [0.15, 0.2) is 6.10 Å². The van der Waals surface area contributed by atoms with Crippen LogP contribution in [0.5, 0.6) is 5.75 Å². The van der Waals surface area contributed by atoms with Gasteiger partial charge in [-0.2, -0.15) is 5.26 Å². The number of nitrogens with one attached hydrogen (secondary N) is 1. The molecule has 0 aliphatic carbocycles. The number of benzene rings is 1. The first kappa shape index (κ1) is 22.1. The maximum Gasteiger partial charge on any atom is 0.343 e. The number of nitro groups is 1. The summed E-state index contributed by atoms with van der Waals surface area (Å²) in [5.41, 5.74) is -0.616. The minimum atomic E-state index is -1.32. The lowest BCUT2D eigenvalue weighted by molar-refractivity contribution is -0.384. The molecule has 3 rings (SSSR count). The van der Waals surface area contributed by atoms with E-state index in [0.717, 1.165) is 6.07 Å². The normalized spacial score (nSPS) is 11.3. The summed E-state index contributed by atoms with van der Waals surface area (Å²) in [7, 11) is 1.36. The van der Waals surface area contributed by atoms with Gasteiger partial charge in [-0.25, -0.2) is 4.79 Å². The van der Waals surface area contributed by atoms with E-state index in [9.17, 15) is 25.0 Å². The third-order valence-corrected chi connectivity index (χ3v) is 4.53. The number of nitriles is 1. The molecule has 3 aromatic rings. The molecule has 1 N–H and O–H groups in total. The van der Waals surface area contributed by atoms with Crippen molar-refractivity contribution in [2.75, 3.05) is 12.4 Å². The van der Waals surface area contributed by atoms with Gasteiger partial charge in [-0.05, 0) is 38.1 Å². The number of methoxy groups -OCH3 is 1. The van der Waals surface area contributed by atoms with Crippen molar-refractivity contribution in [1.82, 2.24) is 4.57 Å². The second-order valence-electron chi connectivity index (χ2n) is 6.59. The summed E-state index contributed by atoms with van der Waals surface area (Å²) in [6.07, 6.45) is 1.97. The second-order valence-corrected chi connectivity index (χ2v) is 6.59. The van der Waals surface area contributed by atoms with Crippen LogP contribution in [0.25, 0.3) is 5.88 Å². The number of furan rings is 1. The lowest BCUT2D eigenvalue weighted by atomic mass is 10.1. The Morgan fingerprint density at radius 2 is 2.00 bits per heavy atom. The lowest BCUT2D eigenvalue weighted by Gasteiger charge is -2.14. The number of aromatic nitrogens is 1. The number of hydrogen-bond donors (Lipinski definition) is 1. The fourth-order valence-corrected chi connectivity index (χ4v) is 2.93. The maximum atomic E-state index is 12.7. The molecular formula is C21H18N4O7. The number of ether oxygens (including phenoxy) is 2. The van der Waals surface area contributed by atoms with Gasteiger partial charge in [0.25, 0.3) is 11.6 Å². The molecule has 0 spiro atoms. The minimum Gasteiger partial charge on any atom is -0.496 e. The van der Waals surface area contributed by atoms with Crippen molar-refractivity contribution < 1.29 is 28.4 Å². The van der Waals surface area contributed by atoms with E-state index in [1.54, 1.807) is 24.5 Å². The molecule has 0 saturated carbocycles. The van der Waals surface area contributed by atoms with E-state index in [4.69, 9.17) is 13.9 Å². The van der Waals surface area contributed by atoms with Crippen molar-refractivity contribution >= 4 is 23.3 Å². The molecule has 0 aliphatic rings. The van der Waals surface area contributed by atoms with E-state index >= 15 is 0 Å². The summed E-state index contributed by atoms with van der Waals surface area (Å²) in [5, 5.41) is 23.2. The average Bonchev–Trinajstić information content (AvgIpc) is 3.40. The fraction of sp³-hybridized carbons (Fsp3) is 0.190. The van der Waals surface area contributed by atoms with Gasteiger partial charge >= 0.3 is 5.97 Å². The zero-order valence-corrected chi connectivity index (χ0v) is 17.3. The first-order valence-corrected chi connectivity index (χ1v) is 9.28. The van der Waals surface area contributed by atoms with Crippen molar-refractivity contribution in [1.29, 1.82) is 5.26 Å². The smallest absolute Gasteiger partial charge is 0.343 e. The monoisotopic (exact) mass is 438 g/mol. The van der Waals surface area contributed by atoms with Crippen LogP contribution in [0.15, 0.2) is 47.1 Å². The van der Waals surface area contributed by atoms with E-state index in [2.05, 4.69) is 5.32 Å². The van der Waals surface area contributed by atoms with Gasteiger partial charge in [-0.1, -0.05) is 0 Å². The van der Waals surface area contributed by atoms with Crippen LogP contribution in [-0.4, -0.2) is 34.6 Å². The number of hydrogen-bond acceptors (Lipinski definition) is 8. The van der Waals surface area contributed by atoms with Crippen LogP contribution >= 0.6 is 0 Å². The van der Waals surface area contributed by atoms with Crippen molar-refractivity contribution in [3.05, 3.63) is 69.7 Å². The molecule has 11 nitrogen and oxygen atoms in total. The van der Waals surface area contributed by atoms with E-state index < -0.39 is 22.9 Å². The van der Waals surface area contributed by atoms with Gasteiger partial charge in [-0.15, -0.1) is 0 Å². The van der Waals surface area contributed by atoms with Gasteiger partial charge in [0.1, 0.15) is 34.4 Å². The van der Waals surface area contributed by atoms with Gasteiger partial charge in [0.05, 0.1) is 18.1 Å². The standard InChI is InChI=1S/C21H18N4O7/c1-12-18(15(11-22)20(31-12)24-8-4-5-9-24)21(27)32-13(2)19(26)23-16-7-6-14(30-3)10-17(16)25(28)29/h4-10,13H,1-3H3,(H,23,26). The molecular weight excluding hydrogens is 420 g/mol. The van der Waals surface area contributed by atoms with Gasteiger partial charge < -0.3 is 19.2 Å². The Morgan fingerprint density at radius 3 is 2.59 bits per heavy atom. The predicted molar refractivity (Wildman–Crippen MR) is 111 cm³/mol. The van der Waals surface area contributed by atoms with Gasteiger partial charge in [0, 0.05) is 12.4 Å². The number of esters is 1. The highest BCUT2D eigenvalue weighted by molar-refractivity contribution is 6.00. The number of amides is 1. The number of carbonyl (C=O) groups is 2. The molecule has 1 atom stereocenters. The Labute approximate surface area is 181 Å². The number of rotatable bonds is 7. The summed E-state index contributed by atoms with van der Waals surface area (Å²) < 4.78 is 17.2. The van der Waals surface area contributed by atoms with Crippen LogP contribution in [0, 0.1) is 28.4 Å². The lowest BCUT2D eigenvalue weighted by Crippen LogP contribution is -2.30. The van der Waals surface area contributed by atoms with E-state index in [1.807, 2.05) is 6.07 Å². The Morgan fingerprint density at radius 1 is 1.31 bits per heavy atom. The third-order valence-electron chi connectivity index (χ3n) is 4.53. The Kier molecular flexibility index (Phi) is 6.25. The summed E-state index contributed by atoms with van der Waals surface area (Å²) in [4.78, 5) is 35.8.